The van der Waals surface area contributed by atoms with Crippen molar-refractivity contribution in [3.63, 3.8) is 0 Å². The van der Waals surface area contributed by atoms with Crippen molar-refractivity contribution in [2.24, 2.45) is 5.92 Å². The molecule has 0 aliphatic rings. The molecule has 1 rings (SSSR count). The van der Waals surface area contributed by atoms with Crippen LogP contribution in [0.1, 0.15) is 13.8 Å². The van der Waals surface area contributed by atoms with Gasteiger partial charge in [-0.25, -0.2) is 13.6 Å². The second kappa shape index (κ2) is 6.30. The summed E-state index contributed by atoms with van der Waals surface area (Å²) in [5.74, 6) is -1.53. The molecule has 100 valence electrons. The molecule has 4 nitrogen and oxygen atoms in total. The molecule has 6 heteroatoms. The van der Waals surface area contributed by atoms with Gasteiger partial charge in [-0.15, -0.1) is 0 Å². The average molecular weight is 258 g/mol. The maximum absolute atomic E-state index is 13.3. The highest BCUT2D eigenvalue weighted by atomic mass is 19.1. The Bertz CT molecular complexity index is 425. The molecule has 3 N–H and O–H groups in total. The summed E-state index contributed by atoms with van der Waals surface area (Å²) < 4.78 is 25.9. The number of aliphatic hydroxyl groups is 1. The molecule has 0 spiro atoms. The lowest BCUT2D eigenvalue weighted by Crippen LogP contribution is -2.43. The average Bonchev–Trinajstić information content (AvgIpc) is 2.29. The van der Waals surface area contributed by atoms with Crippen LogP contribution in [0.3, 0.4) is 0 Å². The predicted octanol–water partition coefficient (Wildman–Crippen LogP) is 2.10. The summed E-state index contributed by atoms with van der Waals surface area (Å²) in [5, 5.41) is 13.8. The Hall–Kier alpha value is -1.69. The Morgan fingerprint density at radius 3 is 2.56 bits per heavy atom. The van der Waals surface area contributed by atoms with Crippen molar-refractivity contribution in [3.8, 4) is 0 Å². The first-order valence-electron chi connectivity index (χ1n) is 5.57. The van der Waals surface area contributed by atoms with Crippen LogP contribution < -0.4 is 10.6 Å². The highest BCUT2D eigenvalue weighted by molar-refractivity contribution is 5.89. The van der Waals surface area contributed by atoms with Gasteiger partial charge in [0.1, 0.15) is 11.6 Å². The summed E-state index contributed by atoms with van der Waals surface area (Å²) in [5.41, 5.74) is -0.116. The van der Waals surface area contributed by atoms with E-state index >= 15 is 0 Å². The van der Waals surface area contributed by atoms with Gasteiger partial charge in [0.05, 0.1) is 18.3 Å². The number of amides is 2. The van der Waals surface area contributed by atoms with E-state index in [1.807, 2.05) is 13.8 Å². The van der Waals surface area contributed by atoms with Crippen LogP contribution in [0.5, 0.6) is 0 Å². The smallest absolute Gasteiger partial charge is 0.319 e. The monoisotopic (exact) mass is 258 g/mol. The Labute approximate surface area is 104 Å². The summed E-state index contributed by atoms with van der Waals surface area (Å²) >= 11 is 0. The van der Waals surface area contributed by atoms with E-state index in [1.165, 1.54) is 0 Å². The molecule has 1 atom stereocenters. The largest absolute Gasteiger partial charge is 0.394 e. The van der Waals surface area contributed by atoms with Gasteiger partial charge < -0.3 is 15.7 Å². The van der Waals surface area contributed by atoms with E-state index in [-0.39, 0.29) is 18.2 Å². The molecule has 0 saturated carbocycles. The van der Waals surface area contributed by atoms with Gasteiger partial charge in [0.2, 0.25) is 0 Å². The molecular formula is C12H16F2N2O2. The number of carbonyl (C=O) groups excluding carboxylic acids is 1. The lowest BCUT2D eigenvalue weighted by Gasteiger charge is -2.20. The molecule has 0 radical (unpaired) electrons. The first-order chi connectivity index (χ1) is 8.43. The highest BCUT2D eigenvalue weighted by Crippen LogP contribution is 2.14. The maximum Gasteiger partial charge on any atom is 0.319 e. The molecule has 0 aromatic heterocycles. The van der Waals surface area contributed by atoms with Crippen LogP contribution in [0.2, 0.25) is 0 Å². The third-order valence-electron chi connectivity index (χ3n) is 2.50. The van der Waals surface area contributed by atoms with Crippen molar-refractivity contribution < 1.29 is 18.7 Å². The third-order valence-corrected chi connectivity index (χ3v) is 2.50. The summed E-state index contributed by atoms with van der Waals surface area (Å²) in [7, 11) is 0. The molecule has 1 aromatic rings. The summed E-state index contributed by atoms with van der Waals surface area (Å²) in [4.78, 5) is 11.5. The SMILES string of the molecule is CC(C)[C@@H](CO)NC(=O)Nc1ccc(F)cc1F. The van der Waals surface area contributed by atoms with Crippen LogP contribution in [0, 0.1) is 17.6 Å². The van der Waals surface area contributed by atoms with Crippen molar-refractivity contribution >= 4 is 11.7 Å². The number of benzene rings is 1. The first kappa shape index (κ1) is 14.4. The van der Waals surface area contributed by atoms with Crippen molar-refractivity contribution in [2.75, 3.05) is 11.9 Å². The van der Waals surface area contributed by atoms with E-state index in [9.17, 15) is 13.6 Å². The van der Waals surface area contributed by atoms with Crippen molar-refractivity contribution in [1.82, 2.24) is 5.32 Å². The Kier molecular flexibility index (Phi) is 5.03. The summed E-state index contributed by atoms with van der Waals surface area (Å²) in [6.07, 6.45) is 0. The van der Waals surface area contributed by atoms with Gasteiger partial charge in [-0.2, -0.15) is 0 Å². The third kappa shape index (κ3) is 3.96. The number of nitrogens with one attached hydrogen (secondary N) is 2. The highest BCUT2D eigenvalue weighted by Gasteiger charge is 2.15. The molecule has 0 saturated heterocycles. The van der Waals surface area contributed by atoms with Crippen molar-refractivity contribution in [3.05, 3.63) is 29.8 Å². The second-order valence-corrected chi connectivity index (χ2v) is 4.26. The Morgan fingerprint density at radius 2 is 2.06 bits per heavy atom. The number of anilines is 1. The zero-order valence-corrected chi connectivity index (χ0v) is 10.2. The first-order valence-corrected chi connectivity index (χ1v) is 5.57. The van der Waals surface area contributed by atoms with Crippen LogP contribution in [0.4, 0.5) is 19.3 Å². The van der Waals surface area contributed by atoms with Gasteiger partial charge >= 0.3 is 6.03 Å². The molecule has 18 heavy (non-hydrogen) atoms. The zero-order chi connectivity index (χ0) is 13.7. The van der Waals surface area contributed by atoms with Gasteiger partial charge in [0.25, 0.3) is 0 Å². The number of aliphatic hydroxyl groups excluding tert-OH is 1. The minimum atomic E-state index is -0.852. The quantitative estimate of drug-likeness (QED) is 0.774. The minimum Gasteiger partial charge on any atom is -0.394 e. The standard InChI is InChI=1S/C12H16F2N2O2/c1-7(2)11(6-17)16-12(18)15-10-4-3-8(13)5-9(10)14/h3-5,7,11,17H,6H2,1-2H3,(H2,15,16,18)/t11-/m1/s1. The van der Waals surface area contributed by atoms with Crippen molar-refractivity contribution in [1.29, 1.82) is 0 Å². The predicted molar refractivity (Wildman–Crippen MR) is 64.2 cm³/mol. The van der Waals surface area contributed by atoms with E-state index in [0.29, 0.717) is 6.07 Å². The number of urea groups is 1. The lowest BCUT2D eigenvalue weighted by molar-refractivity contribution is 0.204. The maximum atomic E-state index is 13.3. The number of hydrogen-bond donors (Lipinski definition) is 3. The van der Waals surface area contributed by atoms with E-state index in [0.717, 1.165) is 12.1 Å². The number of rotatable bonds is 4. The molecule has 0 unspecified atom stereocenters. The molecular weight excluding hydrogens is 242 g/mol. The second-order valence-electron chi connectivity index (χ2n) is 4.26. The molecule has 0 aliphatic carbocycles. The minimum absolute atomic E-state index is 0.0406. The fraction of sp³-hybridized carbons (Fsp3) is 0.417. The van der Waals surface area contributed by atoms with Crippen LogP contribution in [-0.4, -0.2) is 23.8 Å². The zero-order valence-electron chi connectivity index (χ0n) is 10.2. The van der Waals surface area contributed by atoms with E-state index in [2.05, 4.69) is 10.6 Å². The fourth-order valence-electron chi connectivity index (χ4n) is 1.34. The Balaban J connectivity index is 2.64. The van der Waals surface area contributed by atoms with E-state index < -0.39 is 23.7 Å². The number of hydrogen-bond acceptors (Lipinski definition) is 2. The molecule has 0 heterocycles. The topological polar surface area (TPSA) is 61.4 Å². The summed E-state index contributed by atoms with van der Waals surface area (Å²) in [6.45, 7) is 3.45. The number of carbonyl (C=O) groups is 1. The number of halogens is 2. The van der Waals surface area contributed by atoms with Gasteiger partial charge in [-0.05, 0) is 18.1 Å². The lowest BCUT2D eigenvalue weighted by atomic mass is 10.1. The van der Waals surface area contributed by atoms with E-state index in [1.54, 1.807) is 0 Å². The van der Waals surface area contributed by atoms with Crippen molar-refractivity contribution in [2.45, 2.75) is 19.9 Å². The van der Waals surface area contributed by atoms with Crippen LogP contribution in [0.15, 0.2) is 18.2 Å². The van der Waals surface area contributed by atoms with Gasteiger partial charge in [-0.1, -0.05) is 13.8 Å². The summed E-state index contributed by atoms with van der Waals surface area (Å²) in [6, 6.07) is 1.79. The fourth-order valence-corrected chi connectivity index (χ4v) is 1.34. The molecule has 0 fully saturated rings. The molecule has 1 aromatic carbocycles. The normalized spacial score (nSPS) is 12.3. The van der Waals surface area contributed by atoms with Crippen LogP contribution >= 0.6 is 0 Å². The van der Waals surface area contributed by atoms with E-state index in [4.69, 9.17) is 5.11 Å². The van der Waals surface area contributed by atoms with Gasteiger partial charge in [0.15, 0.2) is 0 Å². The molecule has 2 amide bonds. The van der Waals surface area contributed by atoms with Gasteiger partial charge in [-0.3, -0.25) is 0 Å². The molecule has 0 aliphatic heterocycles. The molecule has 0 bridgehead atoms. The van der Waals surface area contributed by atoms with Gasteiger partial charge in [0, 0.05) is 6.07 Å². The van der Waals surface area contributed by atoms with Crippen LogP contribution in [-0.2, 0) is 0 Å². The Morgan fingerprint density at radius 1 is 1.39 bits per heavy atom. The van der Waals surface area contributed by atoms with Crippen LogP contribution in [0.25, 0.3) is 0 Å².